The Morgan fingerprint density at radius 1 is 1.00 bits per heavy atom. The Bertz CT molecular complexity index is 972. The summed E-state index contributed by atoms with van der Waals surface area (Å²) in [5.41, 5.74) is -0.889. The predicted molar refractivity (Wildman–Crippen MR) is 117 cm³/mol. The van der Waals surface area contributed by atoms with Gasteiger partial charge in [0.15, 0.2) is 5.60 Å². The molecule has 0 radical (unpaired) electrons. The summed E-state index contributed by atoms with van der Waals surface area (Å²) in [6.07, 6.45) is 1.63. The number of ether oxygens (including phenoxy) is 4. The average molecular weight is 451 g/mol. The first kappa shape index (κ1) is 24.2. The summed E-state index contributed by atoms with van der Waals surface area (Å²) in [6, 6.07) is 8.07. The molecule has 0 amide bonds. The van der Waals surface area contributed by atoms with Crippen LogP contribution in [0.3, 0.4) is 0 Å². The van der Waals surface area contributed by atoms with E-state index in [1.807, 2.05) is 0 Å². The van der Waals surface area contributed by atoms with Gasteiger partial charge in [-0.25, -0.2) is 4.79 Å². The third kappa shape index (κ3) is 5.56. The lowest BCUT2D eigenvalue weighted by Gasteiger charge is -2.21. The van der Waals surface area contributed by atoms with Crippen LogP contribution in [-0.4, -0.2) is 48.8 Å². The van der Waals surface area contributed by atoms with Crippen LogP contribution >= 0.6 is 0 Å². The topological polar surface area (TPSA) is 112 Å². The van der Waals surface area contributed by atoms with Gasteiger partial charge in [-0.05, 0) is 30.7 Å². The molecule has 8 nitrogen and oxygen atoms in total. The number of hydrogen-bond donors (Lipinski definition) is 2. The molecule has 0 aliphatic rings. The van der Waals surface area contributed by atoms with Crippen molar-refractivity contribution < 1.29 is 38.2 Å². The highest BCUT2D eigenvalue weighted by atomic mass is 32.2. The number of aliphatic carboxylic acids is 1. The molecule has 0 saturated heterocycles. The molecular weight excluding hydrogens is 424 g/mol. The Balaban J connectivity index is 2.31. The number of methoxy groups -OCH3 is 4. The van der Waals surface area contributed by atoms with Crippen LogP contribution in [0.15, 0.2) is 35.7 Å². The third-order valence-corrected chi connectivity index (χ3v) is 5.71. The molecule has 0 spiro atoms. The average Bonchev–Trinajstić information content (AvgIpc) is 2.76. The smallest absolute Gasteiger partial charge is 0.340 e. The van der Waals surface area contributed by atoms with Crippen LogP contribution < -0.4 is 18.9 Å². The fraction of sp³-hybridized carbons (Fsp3) is 0.318. The van der Waals surface area contributed by atoms with Crippen molar-refractivity contribution in [2.45, 2.75) is 18.3 Å². The van der Waals surface area contributed by atoms with E-state index in [0.29, 0.717) is 28.4 Å². The first-order valence-electron chi connectivity index (χ1n) is 9.16. The minimum Gasteiger partial charge on any atom is -0.496 e. The molecule has 2 aromatic carbocycles. The van der Waals surface area contributed by atoms with Crippen LogP contribution in [0.4, 0.5) is 0 Å². The quantitative estimate of drug-likeness (QED) is 0.568. The van der Waals surface area contributed by atoms with Crippen LogP contribution in [0.5, 0.6) is 23.0 Å². The molecular formula is C22H26O8S. The zero-order valence-corrected chi connectivity index (χ0v) is 18.8. The summed E-state index contributed by atoms with van der Waals surface area (Å²) in [5, 5.41) is 21.2. The Labute approximate surface area is 183 Å². The first-order chi connectivity index (χ1) is 14.7. The fourth-order valence-electron chi connectivity index (χ4n) is 2.89. The second-order valence-corrected chi connectivity index (χ2v) is 8.01. The fourth-order valence-corrected chi connectivity index (χ4v) is 3.79. The van der Waals surface area contributed by atoms with Crippen molar-refractivity contribution in [2.24, 2.45) is 0 Å². The molecule has 2 atom stereocenters. The normalized spacial score (nSPS) is 14.0. The maximum absolute atomic E-state index is 12.7. The summed E-state index contributed by atoms with van der Waals surface area (Å²) in [7, 11) is 4.49. The van der Waals surface area contributed by atoms with Gasteiger partial charge >= 0.3 is 5.97 Å². The third-order valence-electron chi connectivity index (χ3n) is 4.65. The van der Waals surface area contributed by atoms with E-state index >= 15 is 0 Å². The molecule has 168 valence electrons. The van der Waals surface area contributed by atoms with Crippen LogP contribution in [0.1, 0.15) is 23.6 Å². The van der Waals surface area contributed by atoms with Gasteiger partial charge in [0.1, 0.15) is 23.0 Å². The number of carbonyl (C=O) groups is 1. The molecule has 9 heteroatoms. The van der Waals surface area contributed by atoms with Crippen molar-refractivity contribution in [3.05, 3.63) is 52.4 Å². The van der Waals surface area contributed by atoms with Crippen LogP contribution in [0.2, 0.25) is 0 Å². The molecule has 31 heavy (non-hydrogen) atoms. The minimum absolute atomic E-state index is 0.0828. The van der Waals surface area contributed by atoms with Gasteiger partial charge in [0.25, 0.3) is 0 Å². The van der Waals surface area contributed by atoms with Crippen molar-refractivity contribution in [1.82, 2.24) is 0 Å². The second kappa shape index (κ2) is 10.3. The van der Waals surface area contributed by atoms with Crippen molar-refractivity contribution in [2.75, 3.05) is 28.4 Å². The van der Waals surface area contributed by atoms with E-state index in [1.165, 1.54) is 39.9 Å². The van der Waals surface area contributed by atoms with Gasteiger partial charge in [-0.3, -0.25) is 4.21 Å². The lowest BCUT2D eigenvalue weighted by Crippen LogP contribution is -2.32. The highest BCUT2D eigenvalue weighted by molar-refractivity contribution is 7.87. The van der Waals surface area contributed by atoms with E-state index in [4.69, 9.17) is 18.9 Å². The molecule has 0 aromatic heterocycles. The molecule has 2 aromatic rings. The maximum Gasteiger partial charge on any atom is 0.340 e. The number of rotatable bonds is 10. The number of carboxylic acids is 1. The van der Waals surface area contributed by atoms with E-state index in [0.717, 1.165) is 6.92 Å². The van der Waals surface area contributed by atoms with Crippen molar-refractivity contribution in [1.29, 1.82) is 0 Å². The highest BCUT2D eigenvalue weighted by Gasteiger charge is 2.35. The summed E-state index contributed by atoms with van der Waals surface area (Å²) >= 11 is 0. The van der Waals surface area contributed by atoms with Crippen molar-refractivity contribution >= 4 is 22.8 Å². The Morgan fingerprint density at radius 2 is 1.58 bits per heavy atom. The zero-order chi connectivity index (χ0) is 23.2. The van der Waals surface area contributed by atoms with Gasteiger partial charge in [0.05, 0.1) is 50.6 Å². The summed E-state index contributed by atoms with van der Waals surface area (Å²) in [5.74, 6) is 0.461. The van der Waals surface area contributed by atoms with Gasteiger partial charge in [0.2, 0.25) is 0 Å². The summed E-state index contributed by atoms with van der Waals surface area (Å²) < 4.78 is 33.8. The number of hydrogen-bond acceptors (Lipinski definition) is 7. The molecule has 0 fully saturated rings. The van der Waals surface area contributed by atoms with E-state index in [1.54, 1.807) is 30.3 Å². The highest BCUT2D eigenvalue weighted by Crippen LogP contribution is 2.35. The van der Waals surface area contributed by atoms with Crippen molar-refractivity contribution in [3.63, 3.8) is 0 Å². The van der Waals surface area contributed by atoms with E-state index < -0.39 is 22.4 Å². The van der Waals surface area contributed by atoms with Gasteiger partial charge in [0, 0.05) is 23.1 Å². The maximum atomic E-state index is 12.7. The first-order valence-corrected chi connectivity index (χ1v) is 10.5. The van der Waals surface area contributed by atoms with E-state index in [-0.39, 0.29) is 17.1 Å². The molecule has 0 aliphatic heterocycles. The Morgan fingerprint density at radius 3 is 2.06 bits per heavy atom. The van der Waals surface area contributed by atoms with E-state index in [9.17, 15) is 19.2 Å². The number of aliphatic hydroxyl groups is 1. The predicted octanol–water partition coefficient (Wildman–Crippen LogP) is 2.93. The number of benzene rings is 2. The summed E-state index contributed by atoms with van der Waals surface area (Å²) in [6.45, 7) is 1.16. The SMILES string of the molecule is COc1cc(OC)c(C=CS(=O)Cc2ccc(OC)c(C(C)(O)C(=O)O)c2)c(OC)c1. The largest absolute Gasteiger partial charge is 0.496 e. The molecule has 0 bridgehead atoms. The molecule has 2 unspecified atom stereocenters. The van der Waals surface area contributed by atoms with Gasteiger partial charge in [-0.2, -0.15) is 0 Å². The Hall–Kier alpha value is -3.04. The Kier molecular flexibility index (Phi) is 8.07. The lowest BCUT2D eigenvalue weighted by atomic mass is 9.94. The molecule has 0 heterocycles. The monoisotopic (exact) mass is 450 g/mol. The molecule has 2 N–H and O–H groups in total. The van der Waals surface area contributed by atoms with Crippen LogP contribution in [0.25, 0.3) is 6.08 Å². The zero-order valence-electron chi connectivity index (χ0n) is 18.0. The van der Waals surface area contributed by atoms with Gasteiger partial charge < -0.3 is 29.2 Å². The van der Waals surface area contributed by atoms with Crippen molar-refractivity contribution in [3.8, 4) is 23.0 Å². The minimum atomic E-state index is -2.15. The number of carboxylic acid groups (broad SMARTS) is 1. The van der Waals surface area contributed by atoms with Crippen LogP contribution in [-0.2, 0) is 26.9 Å². The summed E-state index contributed by atoms with van der Waals surface area (Å²) in [4.78, 5) is 11.4. The molecule has 0 saturated carbocycles. The lowest BCUT2D eigenvalue weighted by molar-refractivity contribution is -0.157. The standard InChI is InChI=1S/C22H26O8S/c1-22(25,21(23)24)17-10-14(6-7-18(17)28-3)13-31(26)9-8-16-19(29-4)11-15(27-2)12-20(16)30-5/h6-12,25H,13H2,1-5H3,(H,23,24). The van der Waals surface area contributed by atoms with Crippen LogP contribution in [0, 0.1) is 0 Å². The van der Waals surface area contributed by atoms with Gasteiger partial charge in [-0.15, -0.1) is 0 Å². The molecule has 0 aliphatic carbocycles. The second-order valence-electron chi connectivity index (χ2n) is 6.69. The van der Waals surface area contributed by atoms with E-state index in [2.05, 4.69) is 0 Å². The molecule has 2 rings (SSSR count). The van der Waals surface area contributed by atoms with Gasteiger partial charge in [-0.1, -0.05) is 6.07 Å².